The molecule has 3 aromatic rings. The number of hydrogen-bond acceptors (Lipinski definition) is 3. The lowest BCUT2D eigenvalue weighted by Crippen LogP contribution is -2.33. The van der Waals surface area contributed by atoms with Crippen molar-refractivity contribution in [3.63, 3.8) is 0 Å². The fourth-order valence-electron chi connectivity index (χ4n) is 2.81. The average Bonchev–Trinajstić information content (AvgIpc) is 2.78. The van der Waals surface area contributed by atoms with Crippen LogP contribution in [-0.4, -0.2) is 24.5 Å². The van der Waals surface area contributed by atoms with E-state index in [0.717, 1.165) is 11.3 Å². The Kier molecular flexibility index (Phi) is 7.14. The normalized spacial score (nSPS) is 11.0. The summed E-state index contributed by atoms with van der Waals surface area (Å²) in [5, 5.41) is 4.51. The molecule has 0 bridgehead atoms. The fourth-order valence-corrected chi connectivity index (χ4v) is 2.81. The summed E-state index contributed by atoms with van der Waals surface area (Å²) in [7, 11) is 0. The quantitative estimate of drug-likeness (QED) is 0.534. The van der Waals surface area contributed by atoms with Gasteiger partial charge in [-0.1, -0.05) is 36.4 Å². The first-order valence-corrected chi connectivity index (χ1v) is 9.75. The van der Waals surface area contributed by atoms with Gasteiger partial charge in [0, 0.05) is 16.8 Å². The maximum atomic E-state index is 12.6. The Morgan fingerprint density at radius 3 is 2.19 bits per heavy atom. The van der Waals surface area contributed by atoms with Crippen molar-refractivity contribution in [3.05, 3.63) is 95.1 Å². The molecule has 5 nitrogen and oxygen atoms in total. The lowest BCUT2D eigenvalue weighted by Gasteiger charge is -2.12. The number of alkyl halides is 3. The molecule has 0 saturated carbocycles. The van der Waals surface area contributed by atoms with Crippen LogP contribution in [-0.2, 0) is 6.61 Å². The van der Waals surface area contributed by atoms with Crippen LogP contribution in [0.25, 0.3) is 0 Å². The Balaban J connectivity index is 1.63. The zero-order chi connectivity index (χ0) is 23.1. The standard InChI is InChI=1S/C24H21F3N2O3/c1-16-7-10-19(22(30)28-15-24(25,26)27)13-21(16)29-23(31)18-11-8-17(9-12-18)14-32-20-5-3-2-4-6-20/h2-13H,14-15H2,1H3,(H,28,30)(H,29,31). The number of benzene rings is 3. The lowest BCUT2D eigenvalue weighted by molar-refractivity contribution is -0.123. The Morgan fingerprint density at radius 2 is 1.53 bits per heavy atom. The van der Waals surface area contributed by atoms with Gasteiger partial charge in [0.2, 0.25) is 0 Å². The lowest BCUT2D eigenvalue weighted by atomic mass is 10.1. The van der Waals surface area contributed by atoms with Crippen molar-refractivity contribution in [1.82, 2.24) is 5.32 Å². The summed E-state index contributed by atoms with van der Waals surface area (Å²) in [6.07, 6.45) is -4.50. The van der Waals surface area contributed by atoms with E-state index in [1.54, 1.807) is 37.3 Å². The van der Waals surface area contributed by atoms with Gasteiger partial charge in [0.25, 0.3) is 11.8 Å². The summed E-state index contributed by atoms with van der Waals surface area (Å²) in [4.78, 5) is 24.6. The van der Waals surface area contributed by atoms with Gasteiger partial charge >= 0.3 is 6.18 Å². The zero-order valence-corrected chi connectivity index (χ0v) is 17.2. The second-order valence-corrected chi connectivity index (χ2v) is 7.08. The van der Waals surface area contributed by atoms with E-state index in [0.29, 0.717) is 23.4 Å². The van der Waals surface area contributed by atoms with E-state index in [4.69, 9.17) is 4.74 Å². The molecule has 0 atom stereocenters. The molecule has 0 aliphatic heterocycles. The highest BCUT2D eigenvalue weighted by atomic mass is 19.4. The van der Waals surface area contributed by atoms with E-state index >= 15 is 0 Å². The van der Waals surface area contributed by atoms with Gasteiger partial charge in [-0.05, 0) is 54.4 Å². The van der Waals surface area contributed by atoms with E-state index in [2.05, 4.69) is 5.32 Å². The van der Waals surface area contributed by atoms with Crippen LogP contribution in [0.2, 0.25) is 0 Å². The van der Waals surface area contributed by atoms with Crippen molar-refractivity contribution in [3.8, 4) is 5.75 Å². The number of aryl methyl sites for hydroxylation is 1. The van der Waals surface area contributed by atoms with E-state index in [9.17, 15) is 22.8 Å². The Morgan fingerprint density at radius 1 is 0.875 bits per heavy atom. The van der Waals surface area contributed by atoms with Crippen molar-refractivity contribution in [1.29, 1.82) is 0 Å². The number of para-hydroxylation sites is 1. The van der Waals surface area contributed by atoms with Crippen LogP contribution >= 0.6 is 0 Å². The van der Waals surface area contributed by atoms with Crippen molar-refractivity contribution in [2.75, 3.05) is 11.9 Å². The monoisotopic (exact) mass is 442 g/mol. The minimum atomic E-state index is -4.50. The number of anilines is 1. The zero-order valence-electron chi connectivity index (χ0n) is 17.2. The highest BCUT2D eigenvalue weighted by molar-refractivity contribution is 6.05. The van der Waals surface area contributed by atoms with Gasteiger partial charge in [0.05, 0.1) is 0 Å². The molecule has 0 fully saturated rings. The van der Waals surface area contributed by atoms with Gasteiger partial charge in [-0.25, -0.2) is 0 Å². The molecular formula is C24H21F3N2O3. The topological polar surface area (TPSA) is 67.4 Å². The smallest absolute Gasteiger partial charge is 0.405 e. The SMILES string of the molecule is Cc1ccc(C(=O)NCC(F)(F)F)cc1NC(=O)c1ccc(COc2ccccc2)cc1. The number of carbonyl (C=O) groups is 2. The Bertz CT molecular complexity index is 1080. The predicted octanol–water partition coefficient (Wildman–Crippen LogP) is 5.12. The molecule has 0 spiro atoms. The van der Waals surface area contributed by atoms with Gasteiger partial charge in [-0.15, -0.1) is 0 Å². The van der Waals surface area contributed by atoms with Crippen LogP contribution in [0.15, 0.2) is 72.8 Å². The molecule has 166 valence electrons. The molecule has 0 saturated heterocycles. The maximum Gasteiger partial charge on any atom is 0.405 e. The maximum absolute atomic E-state index is 12.6. The van der Waals surface area contributed by atoms with Gasteiger partial charge in [0.1, 0.15) is 18.9 Å². The molecule has 0 aromatic heterocycles. The number of carbonyl (C=O) groups excluding carboxylic acids is 2. The summed E-state index contributed by atoms with van der Waals surface area (Å²) in [6.45, 7) is 0.638. The molecular weight excluding hydrogens is 421 g/mol. The largest absolute Gasteiger partial charge is 0.489 e. The number of rotatable bonds is 7. The second-order valence-electron chi connectivity index (χ2n) is 7.08. The molecule has 0 unspecified atom stereocenters. The van der Waals surface area contributed by atoms with Crippen LogP contribution in [0.1, 0.15) is 31.8 Å². The highest BCUT2D eigenvalue weighted by Gasteiger charge is 2.28. The molecule has 2 amide bonds. The summed E-state index contributed by atoms with van der Waals surface area (Å²) in [5.74, 6) is -0.541. The average molecular weight is 442 g/mol. The molecule has 0 aliphatic rings. The van der Waals surface area contributed by atoms with E-state index in [-0.39, 0.29) is 5.56 Å². The molecule has 3 aromatic carbocycles. The highest BCUT2D eigenvalue weighted by Crippen LogP contribution is 2.19. The van der Waals surface area contributed by atoms with Gasteiger partial charge in [-0.3, -0.25) is 9.59 Å². The molecule has 3 rings (SSSR count). The fraction of sp³-hybridized carbons (Fsp3) is 0.167. The minimum Gasteiger partial charge on any atom is -0.489 e. The van der Waals surface area contributed by atoms with Crippen molar-refractivity contribution in [2.45, 2.75) is 19.7 Å². The van der Waals surface area contributed by atoms with Crippen molar-refractivity contribution >= 4 is 17.5 Å². The Hall–Kier alpha value is -3.81. The number of halogens is 3. The number of ether oxygens (including phenoxy) is 1. The van der Waals surface area contributed by atoms with Crippen LogP contribution in [0.4, 0.5) is 18.9 Å². The minimum absolute atomic E-state index is 0.0172. The third-order valence-electron chi connectivity index (χ3n) is 4.56. The van der Waals surface area contributed by atoms with Crippen molar-refractivity contribution < 1.29 is 27.5 Å². The predicted molar refractivity (Wildman–Crippen MR) is 115 cm³/mol. The molecule has 2 N–H and O–H groups in total. The molecule has 0 heterocycles. The third-order valence-corrected chi connectivity index (χ3v) is 4.56. The third kappa shape index (κ3) is 6.60. The van der Waals surface area contributed by atoms with Gasteiger partial charge < -0.3 is 15.4 Å². The van der Waals surface area contributed by atoms with Crippen LogP contribution in [0, 0.1) is 6.92 Å². The molecule has 8 heteroatoms. The number of hydrogen-bond donors (Lipinski definition) is 2. The molecule has 0 radical (unpaired) electrons. The first-order valence-electron chi connectivity index (χ1n) is 9.75. The second kappa shape index (κ2) is 10.00. The first kappa shape index (κ1) is 22.9. The Labute approximate surface area is 183 Å². The number of amides is 2. The van der Waals surface area contributed by atoms with E-state index in [1.165, 1.54) is 12.1 Å². The summed E-state index contributed by atoms with van der Waals surface area (Å²) in [5.41, 5.74) is 2.29. The van der Waals surface area contributed by atoms with Crippen LogP contribution in [0.3, 0.4) is 0 Å². The van der Waals surface area contributed by atoms with Gasteiger partial charge in [-0.2, -0.15) is 13.2 Å². The molecule has 32 heavy (non-hydrogen) atoms. The van der Waals surface area contributed by atoms with Crippen LogP contribution < -0.4 is 15.4 Å². The first-order chi connectivity index (χ1) is 15.2. The van der Waals surface area contributed by atoms with Crippen molar-refractivity contribution in [2.24, 2.45) is 0 Å². The summed E-state index contributed by atoms with van der Waals surface area (Å²) in [6, 6.07) is 20.5. The van der Waals surface area contributed by atoms with Gasteiger partial charge in [0.15, 0.2) is 0 Å². The summed E-state index contributed by atoms with van der Waals surface area (Å²) >= 11 is 0. The van der Waals surface area contributed by atoms with Crippen LogP contribution in [0.5, 0.6) is 5.75 Å². The van der Waals surface area contributed by atoms with E-state index < -0.39 is 24.5 Å². The molecule has 0 aliphatic carbocycles. The van der Waals surface area contributed by atoms with E-state index in [1.807, 2.05) is 35.6 Å². The summed E-state index contributed by atoms with van der Waals surface area (Å²) < 4.78 is 42.6. The number of nitrogens with one attached hydrogen (secondary N) is 2.